The van der Waals surface area contributed by atoms with E-state index in [0.29, 0.717) is 19.4 Å². The third kappa shape index (κ3) is 4.71. The van der Waals surface area contributed by atoms with Gasteiger partial charge in [0.15, 0.2) is 0 Å². The molecule has 1 aromatic rings. The van der Waals surface area contributed by atoms with Gasteiger partial charge in [-0.2, -0.15) is 0 Å². The molecule has 0 atom stereocenters. The molecule has 0 aliphatic rings. The van der Waals surface area contributed by atoms with Crippen molar-refractivity contribution in [2.45, 2.75) is 37.4 Å². The maximum absolute atomic E-state index is 11.6. The van der Waals surface area contributed by atoms with Crippen LogP contribution in [-0.4, -0.2) is 36.7 Å². The zero-order valence-corrected chi connectivity index (χ0v) is 13.9. The van der Waals surface area contributed by atoms with Crippen LogP contribution in [-0.2, 0) is 9.30 Å². The Morgan fingerprint density at radius 3 is 2.26 bits per heavy atom. The maximum atomic E-state index is 11.6. The van der Waals surface area contributed by atoms with Crippen LogP contribution in [0.3, 0.4) is 0 Å². The first-order valence-corrected chi connectivity index (χ1v) is 10.0. The zero-order valence-electron chi connectivity index (χ0n) is 11.3. The zero-order chi connectivity index (χ0) is 14.4. The average molecular weight is 351 g/mol. The van der Waals surface area contributed by atoms with Crippen LogP contribution in [0.2, 0.25) is 5.32 Å². The first-order chi connectivity index (χ1) is 8.95. The summed E-state index contributed by atoms with van der Waals surface area (Å²) in [4.78, 5) is 18.9. The van der Waals surface area contributed by atoms with E-state index in [1.807, 2.05) is 18.2 Å². The van der Waals surface area contributed by atoms with Crippen molar-refractivity contribution in [3.8, 4) is 0 Å². The van der Waals surface area contributed by atoms with E-state index in [1.54, 1.807) is 13.8 Å². The van der Waals surface area contributed by atoms with Crippen molar-refractivity contribution in [3.05, 3.63) is 30.3 Å². The Hall–Kier alpha value is -0.151. The molecule has 0 aromatic heterocycles. The Balaban J connectivity index is 2.48. The molecule has 0 fully saturated rings. The summed E-state index contributed by atoms with van der Waals surface area (Å²) in [6.45, 7) is 3.90. The van der Waals surface area contributed by atoms with Crippen LogP contribution in [0.4, 0.5) is 0 Å². The van der Waals surface area contributed by atoms with Crippen LogP contribution in [0.15, 0.2) is 30.3 Å². The molecule has 0 saturated heterocycles. The standard InChI is InChI=1S/C13H21O4PSe/c1-3-13(4-2,18(14,15)16)17-10-11-19-12-8-6-5-7-9-12/h5-9H,3-4,10-11H2,1-2H3,(H2,14,15,16). The van der Waals surface area contributed by atoms with Gasteiger partial charge in [0.2, 0.25) is 0 Å². The second-order valence-electron chi connectivity index (χ2n) is 4.21. The van der Waals surface area contributed by atoms with Gasteiger partial charge in [0.25, 0.3) is 0 Å². The molecule has 0 aliphatic carbocycles. The summed E-state index contributed by atoms with van der Waals surface area (Å²) in [5.74, 6) is 0. The third-order valence-electron chi connectivity index (χ3n) is 3.10. The van der Waals surface area contributed by atoms with Crippen molar-refractivity contribution < 1.29 is 19.1 Å². The van der Waals surface area contributed by atoms with Crippen LogP contribution >= 0.6 is 7.60 Å². The van der Waals surface area contributed by atoms with Gasteiger partial charge in [-0.1, -0.05) is 0 Å². The van der Waals surface area contributed by atoms with Crippen molar-refractivity contribution in [1.82, 2.24) is 0 Å². The molecule has 6 heteroatoms. The monoisotopic (exact) mass is 352 g/mol. The fourth-order valence-corrected chi connectivity index (χ4v) is 4.52. The molecule has 1 rings (SSSR count). The Bertz CT molecular complexity index is 414. The van der Waals surface area contributed by atoms with Crippen molar-refractivity contribution >= 4 is 27.0 Å². The molecule has 0 spiro atoms. The fraction of sp³-hybridized carbons (Fsp3) is 0.538. The number of hydrogen-bond donors (Lipinski definition) is 2. The van der Waals surface area contributed by atoms with Gasteiger partial charge in [0.05, 0.1) is 0 Å². The van der Waals surface area contributed by atoms with Gasteiger partial charge in [-0.3, -0.25) is 0 Å². The molecule has 2 N–H and O–H groups in total. The van der Waals surface area contributed by atoms with Gasteiger partial charge in [-0.15, -0.1) is 0 Å². The second-order valence-corrected chi connectivity index (χ2v) is 8.56. The summed E-state index contributed by atoms with van der Waals surface area (Å²) in [5.41, 5.74) is 0. The van der Waals surface area contributed by atoms with Gasteiger partial charge in [0, 0.05) is 0 Å². The summed E-state index contributed by atoms with van der Waals surface area (Å²) in [6, 6.07) is 10.1. The van der Waals surface area contributed by atoms with E-state index in [9.17, 15) is 14.4 Å². The fourth-order valence-electron chi connectivity index (χ4n) is 1.86. The number of hydrogen-bond acceptors (Lipinski definition) is 2. The minimum atomic E-state index is -4.23. The van der Waals surface area contributed by atoms with Crippen LogP contribution in [0.25, 0.3) is 0 Å². The number of benzene rings is 1. The molecular weight excluding hydrogens is 330 g/mol. The Labute approximate surface area is 120 Å². The Kier molecular flexibility index (Phi) is 6.75. The summed E-state index contributed by atoms with van der Waals surface area (Å²) in [5, 5.41) is -0.488. The third-order valence-corrected chi connectivity index (χ3v) is 6.97. The Morgan fingerprint density at radius 2 is 1.79 bits per heavy atom. The predicted molar refractivity (Wildman–Crippen MR) is 77.9 cm³/mol. The quantitative estimate of drug-likeness (QED) is 0.428. The topological polar surface area (TPSA) is 66.8 Å². The Morgan fingerprint density at radius 1 is 1.21 bits per heavy atom. The molecule has 0 unspecified atom stereocenters. The molecular formula is C13H21O4PSe. The summed E-state index contributed by atoms with van der Waals surface area (Å²) >= 11 is 0.281. The number of ether oxygens (including phenoxy) is 1. The molecule has 0 amide bonds. The average Bonchev–Trinajstić information content (AvgIpc) is 2.39. The van der Waals surface area contributed by atoms with E-state index in [0.717, 1.165) is 5.32 Å². The van der Waals surface area contributed by atoms with Crippen LogP contribution in [0.5, 0.6) is 0 Å². The van der Waals surface area contributed by atoms with Gasteiger partial charge in [-0.05, 0) is 0 Å². The van der Waals surface area contributed by atoms with E-state index >= 15 is 0 Å². The van der Waals surface area contributed by atoms with E-state index in [1.165, 1.54) is 4.46 Å². The van der Waals surface area contributed by atoms with Gasteiger partial charge in [0.1, 0.15) is 0 Å². The molecule has 0 bridgehead atoms. The molecule has 0 heterocycles. The molecule has 4 nitrogen and oxygen atoms in total. The van der Waals surface area contributed by atoms with E-state index in [2.05, 4.69) is 12.1 Å². The summed E-state index contributed by atoms with van der Waals surface area (Å²) in [6.07, 6.45) is 0.651. The number of rotatable bonds is 8. The van der Waals surface area contributed by atoms with E-state index in [4.69, 9.17) is 4.74 Å². The predicted octanol–water partition coefficient (Wildman–Crippen LogP) is 2.15. The summed E-state index contributed by atoms with van der Waals surface area (Å²) < 4.78 is 18.4. The van der Waals surface area contributed by atoms with Crippen LogP contribution < -0.4 is 4.46 Å². The molecule has 0 aliphatic heterocycles. The molecule has 108 valence electrons. The SMILES string of the molecule is CCC(CC)(OCC[Se]c1ccccc1)P(=O)(O)O. The normalized spacial score (nSPS) is 12.6. The summed E-state index contributed by atoms with van der Waals surface area (Å²) in [7, 11) is -4.23. The molecule has 0 radical (unpaired) electrons. The van der Waals surface area contributed by atoms with Crippen molar-refractivity contribution in [2.75, 3.05) is 6.61 Å². The molecule has 0 saturated carbocycles. The van der Waals surface area contributed by atoms with Gasteiger partial charge >= 0.3 is 120 Å². The van der Waals surface area contributed by atoms with E-state index in [-0.39, 0.29) is 15.0 Å². The van der Waals surface area contributed by atoms with Gasteiger partial charge < -0.3 is 0 Å². The van der Waals surface area contributed by atoms with Crippen molar-refractivity contribution in [3.63, 3.8) is 0 Å². The molecule has 1 aromatic carbocycles. The first kappa shape index (κ1) is 16.9. The van der Waals surface area contributed by atoms with Crippen LogP contribution in [0.1, 0.15) is 26.7 Å². The van der Waals surface area contributed by atoms with Crippen molar-refractivity contribution in [1.29, 1.82) is 0 Å². The first-order valence-electron chi connectivity index (χ1n) is 6.32. The molecule has 19 heavy (non-hydrogen) atoms. The second kappa shape index (κ2) is 7.58. The van der Waals surface area contributed by atoms with Crippen LogP contribution in [0, 0.1) is 0 Å². The van der Waals surface area contributed by atoms with E-state index < -0.39 is 12.9 Å². The minimum absolute atomic E-state index is 0.281. The van der Waals surface area contributed by atoms with Crippen molar-refractivity contribution in [2.24, 2.45) is 0 Å². The van der Waals surface area contributed by atoms with Gasteiger partial charge in [-0.25, -0.2) is 0 Å².